The molecule has 34 heavy (non-hydrogen) atoms. The normalized spacial score (nSPS) is 14.9. The summed E-state index contributed by atoms with van der Waals surface area (Å²) in [6, 6.07) is 13.9. The summed E-state index contributed by atoms with van der Waals surface area (Å²) in [7, 11) is 0. The largest absolute Gasteiger partial charge is 0.433 e. The fourth-order valence-electron chi connectivity index (χ4n) is 3.97. The third kappa shape index (κ3) is 5.52. The molecular weight excluding hydrogens is 449 g/mol. The number of anilines is 2. The maximum Gasteiger partial charge on any atom is 0.433 e. The van der Waals surface area contributed by atoms with Crippen LogP contribution in [0.2, 0.25) is 0 Å². The number of aliphatic hydroxyl groups is 2. The summed E-state index contributed by atoms with van der Waals surface area (Å²) in [6.45, 7) is 0.964. The molecule has 3 heterocycles. The Morgan fingerprint density at radius 1 is 0.941 bits per heavy atom. The highest BCUT2D eigenvalue weighted by molar-refractivity contribution is 5.79. The number of hydrogen-bond donors (Lipinski definition) is 3. The molecule has 1 aromatic carbocycles. The van der Waals surface area contributed by atoms with Crippen molar-refractivity contribution in [2.75, 3.05) is 18.4 Å². The Kier molecular flexibility index (Phi) is 6.80. The van der Waals surface area contributed by atoms with Crippen molar-refractivity contribution in [3.05, 3.63) is 72.2 Å². The molecule has 0 bridgehead atoms. The minimum atomic E-state index is -4.48. The highest BCUT2D eigenvalue weighted by Crippen LogP contribution is 2.31. The Morgan fingerprint density at radius 2 is 1.62 bits per heavy atom. The van der Waals surface area contributed by atoms with Crippen LogP contribution in [-0.2, 0) is 11.0 Å². The van der Waals surface area contributed by atoms with E-state index in [9.17, 15) is 18.0 Å². The molecule has 178 valence electrons. The number of hydrogen-bond acceptors (Lipinski definition) is 6. The molecular formula is C24H23F3N4O3. The van der Waals surface area contributed by atoms with Gasteiger partial charge in [0.05, 0.1) is 11.9 Å². The van der Waals surface area contributed by atoms with Gasteiger partial charge in [-0.25, -0.2) is 9.97 Å². The number of aliphatic hydroxyl groups excluding tert-OH is 1. The molecule has 1 amide bonds. The van der Waals surface area contributed by atoms with E-state index in [1.807, 2.05) is 30.3 Å². The third-order valence-corrected chi connectivity index (χ3v) is 5.83. The van der Waals surface area contributed by atoms with Gasteiger partial charge in [0.25, 0.3) is 5.91 Å². The summed E-state index contributed by atoms with van der Waals surface area (Å²) in [5.74, 6) is 0.112. The Morgan fingerprint density at radius 3 is 2.15 bits per heavy atom. The van der Waals surface area contributed by atoms with Crippen LogP contribution in [0.15, 0.2) is 60.9 Å². The van der Waals surface area contributed by atoms with Gasteiger partial charge in [0, 0.05) is 24.8 Å². The minimum absolute atomic E-state index is 0.288. The molecule has 10 heteroatoms. The van der Waals surface area contributed by atoms with E-state index >= 15 is 0 Å². The Bertz CT molecular complexity index is 1110. The van der Waals surface area contributed by atoms with Crippen LogP contribution in [0.1, 0.15) is 30.0 Å². The highest BCUT2D eigenvalue weighted by atomic mass is 19.4. The van der Waals surface area contributed by atoms with Gasteiger partial charge in [0.1, 0.15) is 11.5 Å². The van der Waals surface area contributed by atoms with Crippen LogP contribution < -0.4 is 5.32 Å². The standard InChI is InChI=1S/C24H23F3N4O3/c25-24(26,27)20-7-6-19(14-28-20)30-21-8-5-18(13-29-21)16-3-1-15(2-4-16)17-9-11-31(12-10-17)22(32)23(33)34/h1-8,13-14,17,23,33-34H,9-12H2,(H,29,30). The first-order valence-electron chi connectivity index (χ1n) is 10.7. The van der Waals surface area contributed by atoms with Crippen LogP contribution in [0.5, 0.6) is 0 Å². The minimum Gasteiger partial charge on any atom is -0.361 e. The van der Waals surface area contributed by atoms with Crippen LogP contribution in [0.3, 0.4) is 0 Å². The lowest BCUT2D eigenvalue weighted by atomic mass is 9.88. The van der Waals surface area contributed by atoms with Crippen LogP contribution in [0.25, 0.3) is 11.1 Å². The van der Waals surface area contributed by atoms with Crippen molar-refractivity contribution in [3.63, 3.8) is 0 Å². The van der Waals surface area contributed by atoms with Gasteiger partial charge in [-0.2, -0.15) is 13.2 Å². The lowest BCUT2D eigenvalue weighted by molar-refractivity contribution is -0.160. The number of amides is 1. The first-order valence-corrected chi connectivity index (χ1v) is 10.7. The molecule has 2 aromatic heterocycles. The van der Waals surface area contributed by atoms with Gasteiger partial charge in [-0.05, 0) is 54.2 Å². The van der Waals surface area contributed by atoms with Gasteiger partial charge in [-0.3, -0.25) is 4.79 Å². The first kappa shape index (κ1) is 23.7. The van der Waals surface area contributed by atoms with Crippen molar-refractivity contribution in [2.24, 2.45) is 0 Å². The molecule has 0 atom stereocenters. The lowest BCUT2D eigenvalue weighted by Gasteiger charge is -2.32. The van der Waals surface area contributed by atoms with Gasteiger partial charge in [0.2, 0.25) is 6.29 Å². The number of nitrogens with one attached hydrogen (secondary N) is 1. The van der Waals surface area contributed by atoms with E-state index in [4.69, 9.17) is 10.2 Å². The number of halogens is 3. The van der Waals surface area contributed by atoms with Crippen molar-refractivity contribution < 1.29 is 28.2 Å². The zero-order valence-corrected chi connectivity index (χ0v) is 18.0. The lowest BCUT2D eigenvalue weighted by Crippen LogP contribution is -2.43. The number of pyridine rings is 2. The summed E-state index contributed by atoms with van der Waals surface area (Å²) >= 11 is 0. The highest BCUT2D eigenvalue weighted by Gasteiger charge is 2.32. The van der Waals surface area contributed by atoms with Crippen molar-refractivity contribution in [2.45, 2.75) is 31.2 Å². The smallest absolute Gasteiger partial charge is 0.361 e. The number of carbonyl (C=O) groups excluding carboxylic acids is 1. The number of carbonyl (C=O) groups is 1. The fraction of sp³-hybridized carbons (Fsp3) is 0.292. The number of likely N-dealkylation sites (tertiary alicyclic amines) is 1. The Labute approximate surface area is 193 Å². The zero-order chi connectivity index (χ0) is 24.3. The molecule has 1 saturated heterocycles. The molecule has 0 spiro atoms. The number of aromatic nitrogens is 2. The molecule has 3 N–H and O–H groups in total. The van der Waals surface area contributed by atoms with E-state index in [0.717, 1.165) is 41.8 Å². The van der Waals surface area contributed by atoms with Gasteiger partial charge in [-0.1, -0.05) is 24.3 Å². The number of rotatable bonds is 5. The monoisotopic (exact) mass is 472 g/mol. The van der Waals surface area contributed by atoms with E-state index in [-0.39, 0.29) is 5.92 Å². The predicted octanol–water partition coefficient (Wildman–Crippen LogP) is 3.92. The van der Waals surface area contributed by atoms with Crippen LogP contribution in [0, 0.1) is 0 Å². The first-order chi connectivity index (χ1) is 16.2. The quantitative estimate of drug-likeness (QED) is 0.487. The van der Waals surface area contributed by atoms with Gasteiger partial charge in [0.15, 0.2) is 0 Å². The second-order valence-electron chi connectivity index (χ2n) is 8.08. The van der Waals surface area contributed by atoms with Crippen molar-refractivity contribution in [3.8, 4) is 11.1 Å². The molecule has 1 aliphatic heterocycles. The molecule has 1 fully saturated rings. The van der Waals surface area contributed by atoms with Crippen molar-refractivity contribution in [1.29, 1.82) is 0 Å². The van der Waals surface area contributed by atoms with Crippen molar-refractivity contribution >= 4 is 17.4 Å². The van der Waals surface area contributed by atoms with E-state index in [2.05, 4.69) is 15.3 Å². The van der Waals surface area contributed by atoms with E-state index in [0.29, 0.717) is 24.6 Å². The number of nitrogens with zero attached hydrogens (tertiary/aromatic N) is 3. The molecule has 0 saturated carbocycles. The summed E-state index contributed by atoms with van der Waals surface area (Å²) < 4.78 is 37.9. The van der Waals surface area contributed by atoms with E-state index in [1.54, 1.807) is 12.3 Å². The van der Waals surface area contributed by atoms with Crippen LogP contribution in [-0.4, -0.2) is 50.4 Å². The van der Waals surface area contributed by atoms with Crippen LogP contribution >= 0.6 is 0 Å². The molecule has 7 nitrogen and oxygen atoms in total. The topological polar surface area (TPSA) is 98.6 Å². The maximum atomic E-state index is 12.6. The van der Waals surface area contributed by atoms with Gasteiger partial charge < -0.3 is 20.4 Å². The number of alkyl halides is 3. The zero-order valence-electron chi connectivity index (χ0n) is 18.0. The molecule has 3 aromatic rings. The third-order valence-electron chi connectivity index (χ3n) is 5.83. The van der Waals surface area contributed by atoms with E-state index in [1.165, 1.54) is 11.0 Å². The number of piperidine rings is 1. The summed E-state index contributed by atoms with van der Waals surface area (Å²) in [5.41, 5.74) is 2.46. The fourth-order valence-corrected chi connectivity index (χ4v) is 3.97. The second-order valence-corrected chi connectivity index (χ2v) is 8.08. The molecule has 0 unspecified atom stereocenters. The maximum absolute atomic E-state index is 12.6. The molecule has 0 radical (unpaired) electrons. The van der Waals surface area contributed by atoms with Gasteiger partial charge >= 0.3 is 6.18 Å². The molecule has 4 rings (SSSR count). The predicted molar refractivity (Wildman–Crippen MR) is 119 cm³/mol. The van der Waals surface area contributed by atoms with E-state index < -0.39 is 24.1 Å². The average molecular weight is 472 g/mol. The molecule has 1 aliphatic rings. The summed E-state index contributed by atoms with van der Waals surface area (Å²) in [5, 5.41) is 21.0. The van der Waals surface area contributed by atoms with Crippen LogP contribution in [0.4, 0.5) is 24.7 Å². The average Bonchev–Trinajstić information content (AvgIpc) is 2.84. The summed E-state index contributed by atoms with van der Waals surface area (Å²) in [4.78, 5) is 20.9. The van der Waals surface area contributed by atoms with Crippen molar-refractivity contribution in [1.82, 2.24) is 14.9 Å². The second kappa shape index (κ2) is 9.78. The van der Waals surface area contributed by atoms with Gasteiger partial charge in [-0.15, -0.1) is 0 Å². The Hall–Kier alpha value is -3.50. The Balaban J connectivity index is 1.36. The molecule has 0 aliphatic carbocycles. The number of benzene rings is 1. The SMILES string of the molecule is O=C(C(O)O)N1CCC(c2ccc(-c3ccc(Nc4ccc(C(F)(F)F)nc4)nc3)cc2)CC1. The summed E-state index contributed by atoms with van der Waals surface area (Å²) in [6.07, 6.45) is -2.15.